The van der Waals surface area contributed by atoms with Crippen LogP contribution in [0.5, 0.6) is 0 Å². The van der Waals surface area contributed by atoms with Crippen LogP contribution in [0.2, 0.25) is 0 Å². The molecule has 1 rings (SSSR count). The van der Waals surface area contributed by atoms with Crippen molar-refractivity contribution in [3.8, 4) is 0 Å². The molecule has 0 spiro atoms. The first-order valence-electron chi connectivity index (χ1n) is 5.21. The molecular weight excluding hydrogens is 259 g/mol. The highest BCUT2D eigenvalue weighted by molar-refractivity contribution is 7.88. The second-order valence-corrected chi connectivity index (χ2v) is 6.18. The number of methoxy groups -OCH3 is 1. The van der Waals surface area contributed by atoms with Gasteiger partial charge in [0.15, 0.2) is 6.10 Å². The minimum Gasteiger partial charge on any atom is -0.372 e. The number of ether oxygens (including phenoxy) is 1. The molecule has 0 aromatic rings. The smallest absolute Gasteiger partial charge is 0.372 e. The lowest BCUT2D eigenvalue weighted by Gasteiger charge is -2.34. The number of alkyl halides is 3. The van der Waals surface area contributed by atoms with Crippen LogP contribution >= 0.6 is 0 Å². The third kappa shape index (κ3) is 3.82. The molecule has 8 heteroatoms. The second-order valence-electron chi connectivity index (χ2n) is 4.20. The highest BCUT2D eigenvalue weighted by Gasteiger charge is 2.46. The number of halogens is 3. The van der Waals surface area contributed by atoms with Crippen LogP contribution in [0.4, 0.5) is 13.2 Å². The Bertz CT molecular complexity index is 347. The molecule has 0 aromatic carbocycles. The minimum absolute atomic E-state index is 0.124. The van der Waals surface area contributed by atoms with E-state index in [4.69, 9.17) is 0 Å². The first kappa shape index (κ1) is 14.7. The van der Waals surface area contributed by atoms with Crippen LogP contribution in [-0.2, 0) is 14.8 Å². The van der Waals surface area contributed by atoms with Crippen LogP contribution in [0.25, 0.3) is 0 Å². The normalized spacial score (nSPS) is 22.6. The van der Waals surface area contributed by atoms with E-state index in [9.17, 15) is 21.6 Å². The summed E-state index contributed by atoms with van der Waals surface area (Å²) in [6.07, 6.45) is -4.79. The molecule has 0 N–H and O–H groups in total. The summed E-state index contributed by atoms with van der Waals surface area (Å²) < 4.78 is 65.8. The van der Waals surface area contributed by atoms with Gasteiger partial charge >= 0.3 is 6.18 Å². The average Bonchev–Trinajstić information content (AvgIpc) is 2.16. The van der Waals surface area contributed by atoms with Gasteiger partial charge in [-0.2, -0.15) is 13.2 Å². The fourth-order valence-corrected chi connectivity index (χ4v) is 2.98. The van der Waals surface area contributed by atoms with Crippen LogP contribution < -0.4 is 0 Å². The fourth-order valence-electron chi connectivity index (χ4n) is 2.10. The molecule has 4 nitrogen and oxygen atoms in total. The Morgan fingerprint density at radius 1 is 1.29 bits per heavy atom. The van der Waals surface area contributed by atoms with Crippen molar-refractivity contribution in [2.45, 2.75) is 25.1 Å². The van der Waals surface area contributed by atoms with Crippen molar-refractivity contribution in [2.75, 3.05) is 26.5 Å². The van der Waals surface area contributed by atoms with E-state index in [1.165, 1.54) is 4.31 Å². The highest BCUT2D eigenvalue weighted by atomic mass is 32.2. The zero-order chi connectivity index (χ0) is 13.3. The van der Waals surface area contributed by atoms with Crippen molar-refractivity contribution in [2.24, 2.45) is 5.92 Å². The van der Waals surface area contributed by atoms with Crippen molar-refractivity contribution < 1.29 is 26.3 Å². The Balaban J connectivity index is 2.63. The Labute approximate surface area is 98.8 Å². The fraction of sp³-hybridized carbons (Fsp3) is 1.00. The topological polar surface area (TPSA) is 46.6 Å². The van der Waals surface area contributed by atoms with E-state index in [1.807, 2.05) is 0 Å². The van der Waals surface area contributed by atoms with Crippen LogP contribution in [0.3, 0.4) is 0 Å². The van der Waals surface area contributed by atoms with Gasteiger partial charge < -0.3 is 4.74 Å². The van der Waals surface area contributed by atoms with Gasteiger partial charge in [-0.1, -0.05) is 0 Å². The quantitative estimate of drug-likeness (QED) is 0.778. The molecule has 0 aromatic heterocycles. The number of rotatable bonds is 3. The minimum atomic E-state index is -4.40. The van der Waals surface area contributed by atoms with Crippen molar-refractivity contribution >= 4 is 10.0 Å². The van der Waals surface area contributed by atoms with Crippen molar-refractivity contribution in [3.05, 3.63) is 0 Å². The summed E-state index contributed by atoms with van der Waals surface area (Å²) in [4.78, 5) is 0. The van der Waals surface area contributed by atoms with E-state index in [0.29, 0.717) is 0 Å². The largest absolute Gasteiger partial charge is 0.414 e. The number of sulfonamides is 1. The summed E-state index contributed by atoms with van der Waals surface area (Å²) >= 11 is 0. The van der Waals surface area contributed by atoms with Crippen LogP contribution in [0.1, 0.15) is 12.8 Å². The zero-order valence-electron chi connectivity index (χ0n) is 9.70. The predicted molar refractivity (Wildman–Crippen MR) is 56.0 cm³/mol. The molecule has 0 bridgehead atoms. The van der Waals surface area contributed by atoms with Gasteiger partial charge in [0.2, 0.25) is 10.0 Å². The van der Waals surface area contributed by atoms with Gasteiger partial charge in [-0.05, 0) is 18.8 Å². The number of nitrogens with zero attached hydrogens (tertiary/aromatic N) is 1. The summed E-state index contributed by atoms with van der Waals surface area (Å²) in [7, 11) is -2.28. The molecule has 0 saturated carbocycles. The van der Waals surface area contributed by atoms with E-state index >= 15 is 0 Å². The average molecular weight is 275 g/mol. The second kappa shape index (κ2) is 5.11. The number of hydrogen-bond donors (Lipinski definition) is 0. The maximum atomic E-state index is 12.6. The van der Waals surface area contributed by atoms with E-state index in [2.05, 4.69) is 4.74 Å². The molecule has 17 heavy (non-hydrogen) atoms. The maximum Gasteiger partial charge on any atom is 0.414 e. The van der Waals surface area contributed by atoms with E-state index < -0.39 is 28.2 Å². The number of piperidine rings is 1. The lowest BCUT2D eigenvalue weighted by atomic mass is 9.92. The summed E-state index contributed by atoms with van der Waals surface area (Å²) in [5.41, 5.74) is 0. The third-order valence-electron chi connectivity index (χ3n) is 2.97. The lowest BCUT2D eigenvalue weighted by Crippen LogP contribution is -2.45. The van der Waals surface area contributed by atoms with Gasteiger partial charge in [0.05, 0.1) is 6.26 Å². The van der Waals surface area contributed by atoms with Gasteiger partial charge in [0, 0.05) is 20.2 Å². The molecule has 0 aliphatic carbocycles. The van der Waals surface area contributed by atoms with Crippen molar-refractivity contribution in [1.29, 1.82) is 0 Å². The molecule has 0 amide bonds. The van der Waals surface area contributed by atoms with Gasteiger partial charge in [0.25, 0.3) is 0 Å². The van der Waals surface area contributed by atoms with Crippen molar-refractivity contribution in [1.82, 2.24) is 4.31 Å². The SMILES string of the molecule is COC(C1CCN(S(C)(=O)=O)CC1)C(F)(F)F. The first-order valence-corrected chi connectivity index (χ1v) is 7.05. The van der Waals surface area contributed by atoms with Crippen molar-refractivity contribution in [3.63, 3.8) is 0 Å². The van der Waals surface area contributed by atoms with E-state index in [-0.39, 0.29) is 25.9 Å². The third-order valence-corrected chi connectivity index (χ3v) is 4.28. The molecule has 0 radical (unpaired) electrons. The van der Waals surface area contributed by atoms with Gasteiger partial charge in [-0.25, -0.2) is 12.7 Å². The lowest BCUT2D eigenvalue weighted by molar-refractivity contribution is -0.231. The monoisotopic (exact) mass is 275 g/mol. The van der Waals surface area contributed by atoms with E-state index in [0.717, 1.165) is 13.4 Å². The summed E-state index contributed by atoms with van der Waals surface area (Å²) in [5.74, 6) is -0.669. The predicted octanol–water partition coefficient (Wildman–Crippen LogP) is 1.24. The molecular formula is C9H16F3NO3S. The molecule has 1 aliphatic rings. The van der Waals surface area contributed by atoms with Crippen LogP contribution in [-0.4, -0.2) is 51.5 Å². The Hall–Kier alpha value is -0.340. The molecule has 1 fully saturated rings. The molecule has 1 atom stereocenters. The Kier molecular flexibility index (Phi) is 4.43. The van der Waals surface area contributed by atoms with E-state index in [1.54, 1.807) is 0 Å². The van der Waals surface area contributed by atoms with Gasteiger partial charge in [-0.3, -0.25) is 0 Å². The Morgan fingerprint density at radius 3 is 2.06 bits per heavy atom. The van der Waals surface area contributed by atoms with Gasteiger partial charge in [-0.15, -0.1) is 0 Å². The standard InChI is InChI=1S/C9H16F3NO3S/c1-16-8(9(10,11)12)7-3-5-13(6-4-7)17(2,14)15/h7-8H,3-6H2,1-2H3. The molecule has 102 valence electrons. The number of hydrogen-bond acceptors (Lipinski definition) is 3. The highest BCUT2D eigenvalue weighted by Crippen LogP contribution is 2.33. The molecule has 1 saturated heterocycles. The summed E-state index contributed by atoms with van der Waals surface area (Å²) in [6.45, 7) is 0.249. The molecule has 1 unspecified atom stereocenters. The molecule has 1 aliphatic heterocycles. The summed E-state index contributed by atoms with van der Waals surface area (Å²) in [5, 5.41) is 0. The first-order chi connectivity index (χ1) is 7.66. The van der Waals surface area contributed by atoms with Gasteiger partial charge in [0.1, 0.15) is 0 Å². The zero-order valence-corrected chi connectivity index (χ0v) is 10.5. The molecule has 1 heterocycles. The Morgan fingerprint density at radius 2 is 1.76 bits per heavy atom. The maximum absolute atomic E-state index is 12.6. The van der Waals surface area contributed by atoms with Crippen LogP contribution in [0.15, 0.2) is 0 Å². The van der Waals surface area contributed by atoms with Crippen LogP contribution in [0, 0.1) is 5.92 Å². The summed E-state index contributed by atoms with van der Waals surface area (Å²) in [6, 6.07) is 0.